The summed E-state index contributed by atoms with van der Waals surface area (Å²) in [6.45, 7) is 2.74. The molecule has 0 saturated heterocycles. The fourth-order valence-corrected chi connectivity index (χ4v) is 3.37. The van der Waals surface area contributed by atoms with Crippen LogP contribution in [0.1, 0.15) is 21.2 Å². The van der Waals surface area contributed by atoms with Crippen molar-refractivity contribution in [2.75, 3.05) is 6.54 Å². The van der Waals surface area contributed by atoms with Crippen LogP contribution >= 0.6 is 11.3 Å². The molecule has 1 aliphatic heterocycles. The molecule has 0 atom stereocenters. The van der Waals surface area contributed by atoms with Gasteiger partial charge >= 0.3 is 0 Å². The molecule has 0 radical (unpaired) electrons. The summed E-state index contributed by atoms with van der Waals surface area (Å²) in [5.74, 6) is 1.04. The van der Waals surface area contributed by atoms with E-state index in [0.717, 1.165) is 29.5 Å². The lowest BCUT2D eigenvalue weighted by atomic mass is 10.3. The Balaban J connectivity index is 1.51. The third-order valence-corrected chi connectivity index (χ3v) is 4.61. The van der Waals surface area contributed by atoms with Crippen LogP contribution in [0.5, 0.6) is 0 Å². The summed E-state index contributed by atoms with van der Waals surface area (Å²) in [5, 5.41) is 6.13. The molecule has 3 aromatic rings. The van der Waals surface area contributed by atoms with Gasteiger partial charge in [0.1, 0.15) is 5.82 Å². The van der Waals surface area contributed by atoms with Crippen molar-refractivity contribution in [1.29, 1.82) is 0 Å². The zero-order chi connectivity index (χ0) is 14.9. The first-order chi connectivity index (χ1) is 10.8. The molecule has 0 unspecified atom stereocenters. The van der Waals surface area contributed by atoms with Gasteiger partial charge in [-0.2, -0.15) is 5.10 Å². The van der Waals surface area contributed by atoms with Crippen molar-refractivity contribution in [2.45, 2.75) is 19.6 Å². The van der Waals surface area contributed by atoms with E-state index in [-0.39, 0.29) is 5.91 Å². The van der Waals surface area contributed by atoms with Crippen LogP contribution < -0.4 is 0 Å². The standard InChI is InChI=1S/C15H15N5OS/c21-15(13-3-1-8-22-13)19-7-6-18-9-12(17-14(18)11-19)10-20-5-2-4-16-20/h1-5,8-9H,6-7,10-11H2. The van der Waals surface area contributed by atoms with Gasteiger partial charge < -0.3 is 9.47 Å². The molecule has 0 saturated carbocycles. The van der Waals surface area contributed by atoms with E-state index in [0.29, 0.717) is 13.1 Å². The third-order valence-electron chi connectivity index (χ3n) is 3.75. The Kier molecular flexibility index (Phi) is 3.27. The number of carbonyl (C=O) groups excluding carboxylic acids is 1. The fraction of sp³-hybridized carbons (Fsp3) is 0.267. The molecular formula is C15H15N5OS. The Labute approximate surface area is 131 Å². The van der Waals surface area contributed by atoms with Gasteiger partial charge in [0.05, 0.1) is 23.7 Å². The minimum Gasteiger partial charge on any atom is -0.331 e. The molecule has 0 fully saturated rings. The summed E-state index contributed by atoms with van der Waals surface area (Å²) in [6.07, 6.45) is 5.74. The van der Waals surface area contributed by atoms with Crippen LogP contribution in [0, 0.1) is 0 Å². The second-order valence-corrected chi connectivity index (χ2v) is 6.20. The Morgan fingerprint density at radius 2 is 2.27 bits per heavy atom. The molecule has 3 aromatic heterocycles. The first kappa shape index (κ1) is 13.3. The van der Waals surface area contributed by atoms with E-state index < -0.39 is 0 Å². The van der Waals surface area contributed by atoms with Gasteiger partial charge in [0.25, 0.3) is 5.91 Å². The van der Waals surface area contributed by atoms with Gasteiger partial charge in [-0.25, -0.2) is 4.98 Å². The van der Waals surface area contributed by atoms with Crippen molar-refractivity contribution in [1.82, 2.24) is 24.2 Å². The van der Waals surface area contributed by atoms with E-state index in [2.05, 4.69) is 20.8 Å². The summed E-state index contributed by atoms with van der Waals surface area (Å²) in [7, 11) is 0. The Hall–Kier alpha value is -2.41. The third kappa shape index (κ3) is 2.43. The molecule has 7 heteroatoms. The second-order valence-electron chi connectivity index (χ2n) is 5.25. The predicted octanol–water partition coefficient (Wildman–Crippen LogP) is 1.85. The van der Waals surface area contributed by atoms with E-state index >= 15 is 0 Å². The van der Waals surface area contributed by atoms with Crippen molar-refractivity contribution in [3.05, 3.63) is 58.6 Å². The number of thiophene rings is 1. The molecular weight excluding hydrogens is 298 g/mol. The number of hydrogen-bond acceptors (Lipinski definition) is 4. The van der Waals surface area contributed by atoms with Crippen LogP contribution in [0.4, 0.5) is 0 Å². The van der Waals surface area contributed by atoms with Crippen molar-refractivity contribution in [2.24, 2.45) is 0 Å². The smallest absolute Gasteiger partial charge is 0.264 e. The highest BCUT2D eigenvalue weighted by atomic mass is 32.1. The summed E-state index contributed by atoms with van der Waals surface area (Å²) in [4.78, 5) is 19.7. The average molecular weight is 313 g/mol. The summed E-state index contributed by atoms with van der Waals surface area (Å²) in [6, 6.07) is 5.68. The Morgan fingerprint density at radius 1 is 1.32 bits per heavy atom. The number of hydrogen-bond donors (Lipinski definition) is 0. The van der Waals surface area contributed by atoms with Gasteiger partial charge in [0, 0.05) is 31.7 Å². The Bertz CT molecular complexity index is 775. The lowest BCUT2D eigenvalue weighted by Crippen LogP contribution is -2.37. The summed E-state index contributed by atoms with van der Waals surface area (Å²) in [5.41, 5.74) is 0.976. The van der Waals surface area contributed by atoms with Crippen molar-refractivity contribution >= 4 is 17.2 Å². The SMILES string of the molecule is O=C(c1cccs1)N1CCn2cc(Cn3cccn3)nc2C1. The normalized spacial score (nSPS) is 14.1. The number of carbonyl (C=O) groups is 1. The van der Waals surface area contributed by atoms with Crippen LogP contribution in [0.3, 0.4) is 0 Å². The zero-order valence-corrected chi connectivity index (χ0v) is 12.7. The topological polar surface area (TPSA) is 56.0 Å². The molecule has 112 valence electrons. The maximum Gasteiger partial charge on any atom is 0.264 e. The number of amides is 1. The van der Waals surface area contributed by atoms with Crippen molar-refractivity contribution < 1.29 is 4.79 Å². The number of fused-ring (bicyclic) bond motifs is 1. The van der Waals surface area contributed by atoms with Crippen molar-refractivity contribution in [3.8, 4) is 0 Å². The van der Waals surface area contributed by atoms with Gasteiger partial charge in [-0.15, -0.1) is 11.3 Å². The maximum absolute atomic E-state index is 12.4. The molecule has 0 N–H and O–H groups in total. The van der Waals surface area contributed by atoms with E-state index in [1.54, 1.807) is 6.20 Å². The predicted molar refractivity (Wildman–Crippen MR) is 82.6 cm³/mol. The highest BCUT2D eigenvalue weighted by molar-refractivity contribution is 7.12. The van der Waals surface area contributed by atoms with Crippen LogP contribution in [0.15, 0.2) is 42.2 Å². The number of rotatable bonds is 3. The number of nitrogens with zero attached hydrogens (tertiary/aromatic N) is 5. The first-order valence-corrected chi connectivity index (χ1v) is 8.03. The quantitative estimate of drug-likeness (QED) is 0.741. The van der Waals surface area contributed by atoms with Gasteiger partial charge in [-0.05, 0) is 17.5 Å². The van der Waals surface area contributed by atoms with Gasteiger partial charge in [-0.1, -0.05) is 6.07 Å². The first-order valence-electron chi connectivity index (χ1n) is 7.15. The average Bonchev–Trinajstić information content (AvgIpc) is 3.27. The highest BCUT2D eigenvalue weighted by Gasteiger charge is 2.23. The monoisotopic (exact) mass is 313 g/mol. The molecule has 1 aliphatic rings. The van der Waals surface area contributed by atoms with E-state index in [4.69, 9.17) is 0 Å². The fourth-order valence-electron chi connectivity index (χ4n) is 2.68. The molecule has 1 amide bonds. The van der Waals surface area contributed by atoms with Crippen LogP contribution in [-0.2, 0) is 19.6 Å². The lowest BCUT2D eigenvalue weighted by Gasteiger charge is -2.27. The highest BCUT2D eigenvalue weighted by Crippen LogP contribution is 2.18. The van der Waals surface area contributed by atoms with E-state index in [9.17, 15) is 4.79 Å². The number of imidazole rings is 1. The van der Waals surface area contributed by atoms with Gasteiger partial charge in [0.2, 0.25) is 0 Å². The molecule has 0 spiro atoms. The van der Waals surface area contributed by atoms with Crippen LogP contribution in [0.25, 0.3) is 0 Å². The molecule has 0 bridgehead atoms. The van der Waals surface area contributed by atoms with Crippen LogP contribution in [-0.4, -0.2) is 36.7 Å². The van der Waals surface area contributed by atoms with Crippen molar-refractivity contribution in [3.63, 3.8) is 0 Å². The van der Waals surface area contributed by atoms with Gasteiger partial charge in [0.15, 0.2) is 0 Å². The molecule has 0 aliphatic carbocycles. The second kappa shape index (κ2) is 5.42. The molecule has 4 rings (SSSR count). The van der Waals surface area contributed by atoms with E-state index in [1.165, 1.54) is 11.3 Å². The largest absolute Gasteiger partial charge is 0.331 e. The van der Waals surface area contributed by atoms with Crippen LogP contribution in [0.2, 0.25) is 0 Å². The molecule has 4 heterocycles. The maximum atomic E-state index is 12.4. The molecule has 0 aromatic carbocycles. The zero-order valence-electron chi connectivity index (χ0n) is 11.9. The summed E-state index contributed by atoms with van der Waals surface area (Å²) < 4.78 is 3.99. The summed E-state index contributed by atoms with van der Waals surface area (Å²) >= 11 is 1.48. The van der Waals surface area contributed by atoms with Gasteiger partial charge in [-0.3, -0.25) is 9.48 Å². The lowest BCUT2D eigenvalue weighted by molar-refractivity contribution is 0.0712. The Morgan fingerprint density at radius 3 is 3.05 bits per heavy atom. The molecule has 22 heavy (non-hydrogen) atoms. The minimum atomic E-state index is 0.0953. The molecule has 6 nitrogen and oxygen atoms in total. The number of aromatic nitrogens is 4. The minimum absolute atomic E-state index is 0.0953. The van der Waals surface area contributed by atoms with E-state index in [1.807, 2.05) is 39.4 Å².